The van der Waals surface area contributed by atoms with Gasteiger partial charge in [0.1, 0.15) is 43.8 Å². The van der Waals surface area contributed by atoms with Gasteiger partial charge in [-0.1, -0.05) is 25.7 Å². The van der Waals surface area contributed by atoms with Crippen molar-refractivity contribution in [3.63, 3.8) is 0 Å². The first-order chi connectivity index (χ1) is 27.6. The van der Waals surface area contributed by atoms with Crippen molar-refractivity contribution in [2.75, 3.05) is 72.6 Å². The van der Waals surface area contributed by atoms with Gasteiger partial charge < -0.3 is 50.7 Å². The number of hydrogen-bond donors (Lipinski definition) is 5. The van der Waals surface area contributed by atoms with Crippen LogP contribution in [0.1, 0.15) is 97.8 Å². The minimum atomic E-state index is -0.925. The van der Waals surface area contributed by atoms with E-state index in [1.807, 2.05) is 0 Å². The second-order valence-corrected chi connectivity index (χ2v) is 13.4. The van der Waals surface area contributed by atoms with E-state index >= 15 is 0 Å². The molecule has 2 atom stereocenters. The molecule has 0 aromatic heterocycles. The van der Waals surface area contributed by atoms with E-state index in [2.05, 4.69) is 21.3 Å². The molecule has 0 radical (unpaired) electrons. The van der Waals surface area contributed by atoms with Crippen LogP contribution in [0.4, 0.5) is 0 Å². The van der Waals surface area contributed by atoms with Crippen LogP contribution in [0, 0.1) is 0 Å². The molecule has 0 aromatic carbocycles. The first kappa shape index (κ1) is 53.3. The Morgan fingerprint density at radius 1 is 0.500 bits per heavy atom. The lowest BCUT2D eigenvalue weighted by Gasteiger charge is -2.16. The Morgan fingerprint density at radius 3 is 1.41 bits per heavy atom. The predicted octanol–water partition coefficient (Wildman–Crippen LogP) is -0.699. The summed E-state index contributed by atoms with van der Waals surface area (Å²) in [5, 5.41) is 10.3. The summed E-state index contributed by atoms with van der Waals surface area (Å²) in [6, 6.07) is -1.63. The maximum absolute atomic E-state index is 12.2. The molecule has 20 nitrogen and oxygen atoms in total. The zero-order valence-electron chi connectivity index (χ0n) is 34.1. The van der Waals surface area contributed by atoms with Crippen LogP contribution in [0.3, 0.4) is 0 Å². The van der Waals surface area contributed by atoms with Gasteiger partial charge in [0.15, 0.2) is 11.6 Å². The highest BCUT2D eigenvalue weighted by molar-refractivity contribution is 6.01. The summed E-state index contributed by atoms with van der Waals surface area (Å²) in [4.78, 5) is 118. The Labute approximate surface area is 339 Å². The summed E-state index contributed by atoms with van der Waals surface area (Å²) in [5.41, 5.74) is 5.39. The van der Waals surface area contributed by atoms with Crippen molar-refractivity contribution in [3.05, 3.63) is 0 Å². The van der Waals surface area contributed by atoms with E-state index in [0.29, 0.717) is 71.2 Å². The van der Waals surface area contributed by atoms with Crippen LogP contribution in [-0.2, 0) is 71.6 Å². The zero-order chi connectivity index (χ0) is 43.6. The SMILES string of the molecule is CC(=O)NCCOCCOCC(=O)NC(CCCCCC(=O)CC(=O)COC(=O)CC(=O)CCCCCC(NC(=O)COCCOCCNC(C)=O)C(N)=O)C(C)=O. The molecule has 0 heterocycles. The molecule has 20 heteroatoms. The van der Waals surface area contributed by atoms with E-state index < -0.39 is 66.8 Å². The first-order valence-corrected chi connectivity index (χ1v) is 19.5. The first-order valence-electron chi connectivity index (χ1n) is 19.5. The smallest absolute Gasteiger partial charge is 0.313 e. The number of hydrogen-bond acceptors (Lipinski definition) is 15. The van der Waals surface area contributed by atoms with Crippen molar-refractivity contribution >= 4 is 58.6 Å². The van der Waals surface area contributed by atoms with E-state index in [0.717, 1.165) is 0 Å². The molecule has 0 fully saturated rings. The lowest BCUT2D eigenvalue weighted by atomic mass is 10.0. The standard InChI is InChI=1S/C38H63N5O15/c1-27(44)33(42-35(50)25-56-20-18-54-16-14-40-28(2)45)12-8-4-6-10-30(47)22-32(49)24-58-37(52)23-31(48)11-7-5-9-13-34(38(39)53)43-36(51)26-57-21-19-55-17-15-41-29(3)46/h33-34H,4-26H2,1-3H3,(H2,39,53)(H,40,45)(H,41,46)(H,42,50)(H,43,51). The number of carbonyl (C=O) groups is 10. The number of unbranched alkanes of at least 4 members (excludes halogenated alkanes) is 4. The van der Waals surface area contributed by atoms with Crippen LogP contribution in [0.5, 0.6) is 0 Å². The van der Waals surface area contributed by atoms with Gasteiger partial charge in [-0.3, -0.25) is 47.9 Å². The van der Waals surface area contributed by atoms with Crippen LogP contribution in [0.25, 0.3) is 0 Å². The van der Waals surface area contributed by atoms with Gasteiger partial charge in [-0.2, -0.15) is 0 Å². The Bertz CT molecular complexity index is 1230. The fourth-order valence-corrected chi connectivity index (χ4v) is 5.02. The van der Waals surface area contributed by atoms with Gasteiger partial charge in [-0.15, -0.1) is 0 Å². The molecule has 0 spiro atoms. The minimum absolute atomic E-state index is 0.0590. The number of carbonyl (C=O) groups excluding carboxylic acids is 10. The van der Waals surface area contributed by atoms with Crippen LogP contribution in [-0.4, -0.2) is 143 Å². The van der Waals surface area contributed by atoms with Gasteiger partial charge in [-0.05, 0) is 32.6 Å². The normalized spacial score (nSPS) is 11.8. The van der Waals surface area contributed by atoms with E-state index in [4.69, 9.17) is 29.4 Å². The number of ketones is 4. The third-order valence-electron chi connectivity index (χ3n) is 7.98. The Hall–Kier alpha value is -4.66. The van der Waals surface area contributed by atoms with Gasteiger partial charge in [0.05, 0.1) is 52.1 Å². The number of nitrogens with two attached hydrogens (primary N) is 1. The van der Waals surface area contributed by atoms with Gasteiger partial charge in [0.2, 0.25) is 29.5 Å². The summed E-state index contributed by atoms with van der Waals surface area (Å²) >= 11 is 0. The van der Waals surface area contributed by atoms with Crippen molar-refractivity contribution in [2.45, 2.75) is 110 Å². The van der Waals surface area contributed by atoms with Crippen molar-refractivity contribution < 1.29 is 71.6 Å². The molecule has 0 aromatic rings. The topological polar surface area (TPSA) is 291 Å². The Kier molecular flexibility index (Phi) is 31.6. The van der Waals surface area contributed by atoms with Gasteiger partial charge >= 0.3 is 5.97 Å². The van der Waals surface area contributed by atoms with Gasteiger partial charge in [0.25, 0.3) is 0 Å². The maximum Gasteiger partial charge on any atom is 0.313 e. The second kappa shape index (κ2) is 34.4. The Morgan fingerprint density at radius 2 is 0.948 bits per heavy atom. The second-order valence-electron chi connectivity index (χ2n) is 13.4. The van der Waals surface area contributed by atoms with Crippen molar-refractivity contribution in [1.29, 1.82) is 0 Å². The maximum atomic E-state index is 12.2. The quantitative estimate of drug-likeness (QED) is 0.0292. The Balaban J connectivity index is 4.07. The third-order valence-corrected chi connectivity index (χ3v) is 7.98. The summed E-state index contributed by atoms with van der Waals surface area (Å²) in [7, 11) is 0. The molecule has 0 saturated heterocycles. The molecule has 0 aliphatic carbocycles. The molecule has 58 heavy (non-hydrogen) atoms. The molecule has 6 N–H and O–H groups in total. The number of primary amides is 1. The van der Waals surface area contributed by atoms with E-state index in [-0.39, 0.29) is 82.3 Å². The summed E-state index contributed by atoms with van der Waals surface area (Å²) in [6.45, 7) is 5.05. The number of esters is 1. The molecule has 0 aliphatic rings. The molecule has 0 rings (SSSR count). The van der Waals surface area contributed by atoms with E-state index in [1.54, 1.807) is 0 Å². The molecular formula is C38H63N5O15. The number of amides is 5. The number of ether oxygens (including phenoxy) is 5. The molecule has 0 aliphatic heterocycles. The molecule has 0 bridgehead atoms. The molecule has 330 valence electrons. The van der Waals surface area contributed by atoms with Gasteiger partial charge in [0, 0.05) is 39.8 Å². The molecule has 5 amide bonds. The van der Waals surface area contributed by atoms with Crippen LogP contribution < -0.4 is 27.0 Å². The average Bonchev–Trinajstić information content (AvgIpc) is 3.14. The van der Waals surface area contributed by atoms with Crippen LogP contribution >= 0.6 is 0 Å². The largest absolute Gasteiger partial charge is 0.457 e. The molecular weight excluding hydrogens is 766 g/mol. The third kappa shape index (κ3) is 33.5. The van der Waals surface area contributed by atoms with Gasteiger partial charge in [-0.25, -0.2) is 0 Å². The van der Waals surface area contributed by atoms with Crippen molar-refractivity contribution in [2.24, 2.45) is 5.73 Å². The summed E-state index contributed by atoms with van der Waals surface area (Å²) in [6.07, 6.45) is 2.77. The average molecular weight is 830 g/mol. The summed E-state index contributed by atoms with van der Waals surface area (Å²) < 4.78 is 25.8. The predicted molar refractivity (Wildman–Crippen MR) is 206 cm³/mol. The number of rotatable bonds is 38. The highest BCUT2D eigenvalue weighted by atomic mass is 16.5. The number of Topliss-reactive ketones (excluding diaryl/α,β-unsaturated/α-hetero) is 4. The highest BCUT2D eigenvalue weighted by Crippen LogP contribution is 2.10. The van der Waals surface area contributed by atoms with Crippen molar-refractivity contribution in [3.8, 4) is 0 Å². The number of nitrogens with one attached hydrogen (secondary N) is 4. The van der Waals surface area contributed by atoms with Crippen LogP contribution in [0.2, 0.25) is 0 Å². The lowest BCUT2D eigenvalue weighted by molar-refractivity contribution is -0.150. The summed E-state index contributed by atoms with van der Waals surface area (Å²) in [5.74, 6) is -4.48. The fourth-order valence-electron chi connectivity index (χ4n) is 5.02. The van der Waals surface area contributed by atoms with Crippen LogP contribution in [0.15, 0.2) is 0 Å². The highest BCUT2D eigenvalue weighted by Gasteiger charge is 2.20. The monoisotopic (exact) mass is 829 g/mol. The lowest BCUT2D eigenvalue weighted by Crippen LogP contribution is -2.45. The van der Waals surface area contributed by atoms with Crippen molar-refractivity contribution in [1.82, 2.24) is 21.3 Å². The zero-order valence-corrected chi connectivity index (χ0v) is 34.1. The molecule has 0 saturated carbocycles. The fraction of sp³-hybridized carbons (Fsp3) is 0.737. The minimum Gasteiger partial charge on any atom is -0.457 e. The van der Waals surface area contributed by atoms with E-state index in [9.17, 15) is 47.9 Å². The molecule has 2 unspecified atom stereocenters. The van der Waals surface area contributed by atoms with E-state index in [1.165, 1.54) is 20.8 Å².